The van der Waals surface area contributed by atoms with Crippen LogP contribution in [0.25, 0.3) is 16.0 Å². The van der Waals surface area contributed by atoms with Gasteiger partial charge < -0.3 is 28.8 Å². The fourth-order valence-corrected chi connectivity index (χ4v) is 5.86. The molecule has 1 aliphatic heterocycles. The average molecular weight is 591 g/mol. The van der Waals surface area contributed by atoms with Crippen molar-refractivity contribution >= 4 is 44.1 Å². The molecule has 2 heterocycles. The number of Topliss-reactive ketones (excluding diaryl/α,β-unsaturated/α-hetero) is 1. The standard InChI is InChI=1S/C31H30N2O8S/c1-6-12-41-20-9-7-8-17(13-20)27(34)25-26(18-14-22(38-3)29(40-5)23(15-18)39-4)33(30(36)28(25)35)31-32-21-11-10-19(37-2)16-24(21)42-31/h7-11,13-16,26,34H,6,12H2,1-5H3. The molecule has 0 radical (unpaired) electrons. The van der Waals surface area contributed by atoms with E-state index in [-0.39, 0.29) is 16.5 Å². The summed E-state index contributed by atoms with van der Waals surface area (Å²) >= 11 is 1.23. The molecular formula is C31H30N2O8S. The molecule has 10 nitrogen and oxygen atoms in total. The van der Waals surface area contributed by atoms with E-state index in [1.807, 2.05) is 13.0 Å². The number of anilines is 1. The Hall–Kier alpha value is -4.77. The van der Waals surface area contributed by atoms with E-state index >= 15 is 0 Å². The van der Waals surface area contributed by atoms with E-state index in [0.29, 0.717) is 52.0 Å². The minimum atomic E-state index is -1.07. The van der Waals surface area contributed by atoms with Crippen LogP contribution in [0.1, 0.15) is 30.5 Å². The summed E-state index contributed by atoms with van der Waals surface area (Å²) in [4.78, 5) is 33.4. The molecule has 1 aliphatic rings. The van der Waals surface area contributed by atoms with E-state index in [4.69, 9.17) is 23.7 Å². The van der Waals surface area contributed by atoms with E-state index in [0.717, 1.165) is 11.1 Å². The zero-order valence-electron chi connectivity index (χ0n) is 23.8. The van der Waals surface area contributed by atoms with Crippen molar-refractivity contribution in [1.82, 2.24) is 4.98 Å². The fraction of sp³-hybridized carbons (Fsp3) is 0.258. The van der Waals surface area contributed by atoms with Gasteiger partial charge in [0.05, 0.1) is 56.9 Å². The van der Waals surface area contributed by atoms with Crippen molar-refractivity contribution in [1.29, 1.82) is 0 Å². The van der Waals surface area contributed by atoms with Gasteiger partial charge >= 0.3 is 5.91 Å². The number of fused-ring (bicyclic) bond motifs is 1. The molecule has 5 rings (SSSR count). The normalized spacial score (nSPS) is 16.1. The molecule has 1 fully saturated rings. The van der Waals surface area contributed by atoms with Crippen LogP contribution < -0.4 is 28.6 Å². The summed E-state index contributed by atoms with van der Waals surface area (Å²) in [6.45, 7) is 2.48. The lowest BCUT2D eigenvalue weighted by atomic mass is 9.94. The van der Waals surface area contributed by atoms with E-state index in [1.165, 1.54) is 37.6 Å². The minimum Gasteiger partial charge on any atom is -0.507 e. The van der Waals surface area contributed by atoms with E-state index < -0.39 is 17.7 Å². The highest BCUT2D eigenvalue weighted by Crippen LogP contribution is 2.48. The number of carbonyl (C=O) groups is 2. The topological polar surface area (TPSA) is 117 Å². The molecule has 11 heteroatoms. The Balaban J connectivity index is 1.75. The Morgan fingerprint density at radius 3 is 2.31 bits per heavy atom. The van der Waals surface area contributed by atoms with Crippen LogP contribution in [0.3, 0.4) is 0 Å². The number of ketones is 1. The van der Waals surface area contributed by atoms with Crippen molar-refractivity contribution in [2.24, 2.45) is 0 Å². The summed E-state index contributed by atoms with van der Waals surface area (Å²) in [5.74, 6) is 0.101. The van der Waals surface area contributed by atoms with Gasteiger partial charge in [0.2, 0.25) is 5.75 Å². The van der Waals surface area contributed by atoms with Crippen molar-refractivity contribution in [3.8, 4) is 28.7 Å². The number of thiazole rings is 1. The second kappa shape index (κ2) is 12.0. The molecule has 1 N–H and O–H groups in total. The van der Waals surface area contributed by atoms with Crippen LogP contribution in [0, 0.1) is 0 Å². The molecule has 0 aliphatic carbocycles. The Labute approximate surface area is 246 Å². The summed E-state index contributed by atoms with van der Waals surface area (Å²) in [7, 11) is 5.99. The quantitative estimate of drug-likeness (QED) is 0.140. The van der Waals surface area contributed by atoms with E-state index in [9.17, 15) is 14.7 Å². The Morgan fingerprint density at radius 1 is 0.929 bits per heavy atom. The number of benzene rings is 3. The molecular weight excluding hydrogens is 560 g/mol. The molecule has 1 saturated heterocycles. The van der Waals surface area contributed by atoms with Crippen molar-refractivity contribution in [3.63, 3.8) is 0 Å². The van der Waals surface area contributed by atoms with Crippen molar-refractivity contribution in [2.75, 3.05) is 39.9 Å². The summed E-state index contributed by atoms with van der Waals surface area (Å²) in [6, 6.07) is 14.3. The molecule has 1 atom stereocenters. The van der Waals surface area contributed by atoms with E-state index in [2.05, 4.69) is 4.98 Å². The van der Waals surface area contributed by atoms with Gasteiger partial charge in [-0.2, -0.15) is 0 Å². The van der Waals surface area contributed by atoms with Gasteiger partial charge in [0.25, 0.3) is 5.78 Å². The number of carbonyl (C=O) groups excluding carboxylic acids is 2. The summed E-state index contributed by atoms with van der Waals surface area (Å²) < 4.78 is 28.5. The third kappa shape index (κ3) is 5.07. The zero-order valence-corrected chi connectivity index (χ0v) is 24.6. The molecule has 218 valence electrons. The number of hydrogen-bond donors (Lipinski definition) is 1. The van der Waals surface area contributed by atoms with Gasteiger partial charge in [0, 0.05) is 5.56 Å². The van der Waals surface area contributed by atoms with Gasteiger partial charge in [-0.1, -0.05) is 30.4 Å². The predicted molar refractivity (Wildman–Crippen MR) is 159 cm³/mol. The summed E-state index contributed by atoms with van der Waals surface area (Å²) in [5.41, 5.74) is 1.29. The first-order valence-electron chi connectivity index (χ1n) is 13.1. The SMILES string of the molecule is CCCOc1cccc(C(O)=C2C(=O)C(=O)N(c3nc4ccc(OC)cc4s3)C2c2cc(OC)c(OC)c(OC)c2)c1. The maximum atomic E-state index is 13.7. The van der Waals surface area contributed by atoms with Gasteiger partial charge in [0.1, 0.15) is 17.3 Å². The van der Waals surface area contributed by atoms with Gasteiger partial charge in [0.15, 0.2) is 16.6 Å². The average Bonchev–Trinajstić information content (AvgIpc) is 3.56. The minimum absolute atomic E-state index is 0.112. The molecule has 0 bridgehead atoms. The summed E-state index contributed by atoms with van der Waals surface area (Å²) in [5, 5.41) is 11.9. The number of amides is 1. The van der Waals surface area contributed by atoms with Gasteiger partial charge in [-0.3, -0.25) is 14.5 Å². The van der Waals surface area contributed by atoms with Gasteiger partial charge in [-0.15, -0.1) is 0 Å². The van der Waals surface area contributed by atoms with Crippen LogP contribution in [0.4, 0.5) is 5.13 Å². The van der Waals surface area contributed by atoms with Gasteiger partial charge in [-0.25, -0.2) is 4.98 Å². The maximum absolute atomic E-state index is 13.7. The molecule has 1 aromatic heterocycles. The van der Waals surface area contributed by atoms with Crippen LogP contribution in [-0.4, -0.2) is 56.8 Å². The molecule has 0 saturated carbocycles. The molecule has 1 unspecified atom stereocenters. The van der Waals surface area contributed by atoms with Crippen molar-refractivity contribution in [3.05, 3.63) is 71.3 Å². The smallest absolute Gasteiger partial charge is 0.301 e. The summed E-state index contributed by atoms with van der Waals surface area (Å²) in [6.07, 6.45) is 0.802. The largest absolute Gasteiger partial charge is 0.507 e. The maximum Gasteiger partial charge on any atom is 0.301 e. The Kier molecular flexibility index (Phi) is 8.21. The lowest BCUT2D eigenvalue weighted by Crippen LogP contribution is -2.29. The number of aliphatic hydroxyl groups excluding tert-OH is 1. The zero-order chi connectivity index (χ0) is 30.0. The first-order valence-corrected chi connectivity index (χ1v) is 14.0. The van der Waals surface area contributed by atoms with Crippen LogP contribution in [0.15, 0.2) is 60.2 Å². The number of aliphatic hydroxyl groups is 1. The number of hydrogen-bond acceptors (Lipinski definition) is 10. The van der Waals surface area contributed by atoms with Gasteiger partial charge in [-0.05, 0) is 54.4 Å². The second-order valence-electron chi connectivity index (χ2n) is 9.33. The first-order chi connectivity index (χ1) is 20.3. The van der Waals surface area contributed by atoms with E-state index in [1.54, 1.807) is 55.6 Å². The Morgan fingerprint density at radius 2 is 1.67 bits per heavy atom. The Bertz CT molecular complexity index is 1670. The second-order valence-corrected chi connectivity index (χ2v) is 10.3. The molecule has 1 amide bonds. The lowest BCUT2D eigenvalue weighted by Gasteiger charge is -2.24. The third-order valence-electron chi connectivity index (χ3n) is 6.82. The van der Waals surface area contributed by atoms with Crippen LogP contribution in [0.5, 0.6) is 28.7 Å². The number of methoxy groups -OCH3 is 4. The fourth-order valence-electron chi connectivity index (χ4n) is 4.84. The molecule has 3 aromatic carbocycles. The predicted octanol–water partition coefficient (Wildman–Crippen LogP) is 5.75. The molecule has 0 spiro atoms. The number of rotatable bonds is 10. The monoisotopic (exact) mass is 590 g/mol. The van der Waals surface area contributed by atoms with Crippen LogP contribution >= 0.6 is 11.3 Å². The molecule has 42 heavy (non-hydrogen) atoms. The van der Waals surface area contributed by atoms with Crippen molar-refractivity contribution in [2.45, 2.75) is 19.4 Å². The molecule has 4 aromatic rings. The highest BCUT2D eigenvalue weighted by molar-refractivity contribution is 7.22. The van der Waals surface area contributed by atoms with Crippen LogP contribution in [0.2, 0.25) is 0 Å². The van der Waals surface area contributed by atoms with Crippen molar-refractivity contribution < 1.29 is 38.4 Å². The first kappa shape index (κ1) is 28.7. The highest BCUT2D eigenvalue weighted by Gasteiger charge is 2.48. The third-order valence-corrected chi connectivity index (χ3v) is 7.84. The number of nitrogens with zero attached hydrogens (tertiary/aromatic N) is 2. The highest BCUT2D eigenvalue weighted by atomic mass is 32.1. The number of ether oxygens (including phenoxy) is 5. The number of aromatic nitrogens is 1. The van der Waals surface area contributed by atoms with Crippen LogP contribution in [-0.2, 0) is 9.59 Å². The lowest BCUT2D eigenvalue weighted by molar-refractivity contribution is -0.132.